The van der Waals surface area contributed by atoms with E-state index in [4.69, 9.17) is 9.84 Å². The Hall–Kier alpha value is -2.50. The molecule has 128 valence electrons. The van der Waals surface area contributed by atoms with E-state index in [2.05, 4.69) is 18.3 Å². The zero-order valence-electron chi connectivity index (χ0n) is 14.3. The molecule has 0 atom stereocenters. The van der Waals surface area contributed by atoms with Crippen molar-refractivity contribution in [2.75, 3.05) is 20.2 Å². The van der Waals surface area contributed by atoms with Gasteiger partial charge in [-0.25, -0.2) is 4.79 Å². The van der Waals surface area contributed by atoms with E-state index in [0.717, 1.165) is 48.6 Å². The van der Waals surface area contributed by atoms with E-state index in [1.54, 1.807) is 7.11 Å². The molecule has 1 aliphatic heterocycles. The number of carbonyl (C=O) groups excluding carboxylic acids is 1. The van der Waals surface area contributed by atoms with Gasteiger partial charge in [0.25, 0.3) is 0 Å². The number of ether oxygens (including phenoxy) is 1. The molecule has 24 heavy (non-hydrogen) atoms. The van der Waals surface area contributed by atoms with Crippen molar-refractivity contribution >= 4 is 6.03 Å². The Morgan fingerprint density at radius 3 is 3.00 bits per heavy atom. The summed E-state index contributed by atoms with van der Waals surface area (Å²) in [6, 6.07) is 9.97. The van der Waals surface area contributed by atoms with Gasteiger partial charge in [-0.05, 0) is 31.0 Å². The first-order valence-corrected chi connectivity index (χ1v) is 8.45. The van der Waals surface area contributed by atoms with Gasteiger partial charge in [0.1, 0.15) is 5.75 Å². The molecular formula is C18H24N4O2. The fourth-order valence-corrected chi connectivity index (χ4v) is 2.90. The Balaban J connectivity index is 1.80. The van der Waals surface area contributed by atoms with E-state index in [-0.39, 0.29) is 6.03 Å². The van der Waals surface area contributed by atoms with Crippen LogP contribution in [0.15, 0.2) is 30.3 Å². The van der Waals surface area contributed by atoms with E-state index in [1.807, 2.05) is 33.8 Å². The number of nitrogens with zero attached hydrogens (tertiary/aromatic N) is 3. The molecule has 2 aromatic rings. The van der Waals surface area contributed by atoms with Gasteiger partial charge in [0.05, 0.1) is 25.0 Å². The molecular weight excluding hydrogens is 304 g/mol. The number of fused-ring (bicyclic) bond motifs is 1. The van der Waals surface area contributed by atoms with Gasteiger partial charge in [0, 0.05) is 25.2 Å². The monoisotopic (exact) mass is 328 g/mol. The van der Waals surface area contributed by atoms with Crippen LogP contribution in [0.3, 0.4) is 0 Å². The zero-order valence-corrected chi connectivity index (χ0v) is 14.3. The molecule has 2 amide bonds. The predicted octanol–water partition coefficient (Wildman–Crippen LogP) is 2.88. The SMILES string of the molecule is CCCNC(=O)N1CCCn2nc(-c3cccc(OC)c3)cc2C1. The Morgan fingerprint density at radius 1 is 1.33 bits per heavy atom. The first kappa shape index (κ1) is 16.4. The van der Waals surface area contributed by atoms with Crippen LogP contribution in [0.1, 0.15) is 25.5 Å². The molecule has 0 saturated heterocycles. The van der Waals surface area contributed by atoms with Gasteiger partial charge in [-0.15, -0.1) is 0 Å². The maximum Gasteiger partial charge on any atom is 0.317 e. The number of aryl methyl sites for hydroxylation is 1. The molecule has 0 radical (unpaired) electrons. The van der Waals surface area contributed by atoms with Crippen LogP contribution in [0.4, 0.5) is 4.79 Å². The summed E-state index contributed by atoms with van der Waals surface area (Å²) in [4.78, 5) is 14.1. The molecule has 6 nitrogen and oxygen atoms in total. The summed E-state index contributed by atoms with van der Waals surface area (Å²) < 4.78 is 7.30. The van der Waals surface area contributed by atoms with Crippen LogP contribution >= 0.6 is 0 Å². The number of amides is 2. The minimum Gasteiger partial charge on any atom is -0.497 e. The highest BCUT2D eigenvalue weighted by molar-refractivity contribution is 5.74. The molecule has 1 aromatic heterocycles. The van der Waals surface area contributed by atoms with Crippen LogP contribution in [0.5, 0.6) is 5.75 Å². The highest BCUT2D eigenvalue weighted by Gasteiger charge is 2.20. The van der Waals surface area contributed by atoms with Crippen molar-refractivity contribution in [3.63, 3.8) is 0 Å². The number of carbonyl (C=O) groups is 1. The Morgan fingerprint density at radius 2 is 2.21 bits per heavy atom. The lowest BCUT2D eigenvalue weighted by Gasteiger charge is -2.20. The Bertz CT molecular complexity index is 711. The quantitative estimate of drug-likeness (QED) is 0.939. The lowest BCUT2D eigenvalue weighted by atomic mass is 10.1. The van der Waals surface area contributed by atoms with Crippen LogP contribution in [0, 0.1) is 0 Å². The lowest BCUT2D eigenvalue weighted by Crippen LogP contribution is -2.39. The average molecular weight is 328 g/mol. The molecule has 1 aliphatic rings. The number of aromatic nitrogens is 2. The molecule has 3 rings (SSSR count). The summed E-state index contributed by atoms with van der Waals surface area (Å²) in [6.07, 6.45) is 1.85. The molecule has 2 heterocycles. The van der Waals surface area contributed by atoms with Gasteiger partial charge in [0.2, 0.25) is 0 Å². The molecule has 1 aromatic carbocycles. The van der Waals surface area contributed by atoms with Gasteiger partial charge in [-0.3, -0.25) is 4.68 Å². The highest BCUT2D eigenvalue weighted by atomic mass is 16.5. The van der Waals surface area contributed by atoms with Crippen LogP contribution in [-0.4, -0.2) is 40.9 Å². The smallest absolute Gasteiger partial charge is 0.317 e. The molecule has 0 fully saturated rings. The zero-order chi connectivity index (χ0) is 16.9. The van der Waals surface area contributed by atoms with Crippen molar-refractivity contribution in [1.29, 1.82) is 0 Å². The molecule has 0 spiro atoms. The van der Waals surface area contributed by atoms with Crippen molar-refractivity contribution in [1.82, 2.24) is 20.0 Å². The second-order valence-corrected chi connectivity index (χ2v) is 5.98. The van der Waals surface area contributed by atoms with Crippen LogP contribution in [-0.2, 0) is 13.1 Å². The summed E-state index contributed by atoms with van der Waals surface area (Å²) in [5.74, 6) is 0.816. The van der Waals surface area contributed by atoms with E-state index in [0.29, 0.717) is 13.1 Å². The number of benzene rings is 1. The molecule has 0 saturated carbocycles. The number of hydrogen-bond donors (Lipinski definition) is 1. The minimum atomic E-state index is 0.00873. The van der Waals surface area contributed by atoms with E-state index in [1.165, 1.54) is 0 Å². The maximum atomic E-state index is 12.2. The Labute approximate surface area is 142 Å². The number of rotatable bonds is 4. The third kappa shape index (κ3) is 3.53. The summed E-state index contributed by atoms with van der Waals surface area (Å²) in [5, 5.41) is 7.67. The topological polar surface area (TPSA) is 59.4 Å². The van der Waals surface area contributed by atoms with Crippen LogP contribution in [0.2, 0.25) is 0 Å². The second kappa shape index (κ2) is 7.38. The van der Waals surface area contributed by atoms with Gasteiger partial charge in [-0.1, -0.05) is 19.1 Å². The van der Waals surface area contributed by atoms with Crippen molar-refractivity contribution in [2.45, 2.75) is 32.9 Å². The van der Waals surface area contributed by atoms with Crippen LogP contribution in [0.25, 0.3) is 11.3 Å². The van der Waals surface area contributed by atoms with E-state index >= 15 is 0 Å². The first-order valence-electron chi connectivity index (χ1n) is 8.45. The average Bonchev–Trinajstić information content (AvgIpc) is 2.91. The summed E-state index contributed by atoms with van der Waals surface area (Å²) in [5.41, 5.74) is 3.01. The van der Waals surface area contributed by atoms with Gasteiger partial charge in [0.15, 0.2) is 0 Å². The molecule has 0 aliphatic carbocycles. The third-order valence-corrected chi connectivity index (χ3v) is 4.19. The maximum absolute atomic E-state index is 12.2. The number of nitrogens with one attached hydrogen (secondary N) is 1. The van der Waals surface area contributed by atoms with Crippen molar-refractivity contribution in [3.05, 3.63) is 36.0 Å². The summed E-state index contributed by atoms with van der Waals surface area (Å²) in [6.45, 7) is 4.94. The second-order valence-electron chi connectivity index (χ2n) is 5.98. The number of hydrogen-bond acceptors (Lipinski definition) is 3. The number of methoxy groups -OCH3 is 1. The van der Waals surface area contributed by atoms with E-state index < -0.39 is 0 Å². The van der Waals surface area contributed by atoms with Crippen molar-refractivity contribution < 1.29 is 9.53 Å². The van der Waals surface area contributed by atoms with Crippen LogP contribution < -0.4 is 10.1 Å². The van der Waals surface area contributed by atoms with Crippen molar-refractivity contribution in [3.8, 4) is 17.0 Å². The largest absolute Gasteiger partial charge is 0.497 e. The summed E-state index contributed by atoms with van der Waals surface area (Å²) >= 11 is 0. The van der Waals surface area contributed by atoms with Gasteiger partial charge in [-0.2, -0.15) is 5.10 Å². The lowest BCUT2D eigenvalue weighted by molar-refractivity contribution is 0.196. The third-order valence-electron chi connectivity index (χ3n) is 4.19. The molecule has 0 bridgehead atoms. The molecule has 1 N–H and O–H groups in total. The molecule has 0 unspecified atom stereocenters. The summed E-state index contributed by atoms with van der Waals surface area (Å²) in [7, 11) is 1.66. The number of urea groups is 1. The highest BCUT2D eigenvalue weighted by Crippen LogP contribution is 2.25. The first-order chi connectivity index (χ1) is 11.7. The van der Waals surface area contributed by atoms with Crippen molar-refractivity contribution in [2.24, 2.45) is 0 Å². The van der Waals surface area contributed by atoms with Gasteiger partial charge >= 0.3 is 6.03 Å². The van der Waals surface area contributed by atoms with Gasteiger partial charge < -0.3 is 15.0 Å². The standard InChI is InChI=1S/C18H24N4O2/c1-3-8-19-18(23)21-9-5-10-22-15(13-21)12-17(20-22)14-6-4-7-16(11-14)24-2/h4,6-7,11-12H,3,5,8-10,13H2,1-2H3,(H,19,23). The fraction of sp³-hybridized carbons (Fsp3) is 0.444. The predicted molar refractivity (Wildman–Crippen MR) is 92.9 cm³/mol. The Kier molecular flexibility index (Phi) is 5.03. The molecule has 6 heteroatoms. The normalized spacial score (nSPS) is 14.0. The fourth-order valence-electron chi connectivity index (χ4n) is 2.90. The van der Waals surface area contributed by atoms with E-state index in [9.17, 15) is 4.79 Å². The minimum absolute atomic E-state index is 0.00873.